The number of amides is 1. The summed E-state index contributed by atoms with van der Waals surface area (Å²) < 4.78 is 40.8. The topological polar surface area (TPSA) is 69.0 Å². The molecule has 0 saturated heterocycles. The van der Waals surface area contributed by atoms with Gasteiger partial charge in [-0.3, -0.25) is 9.59 Å². The number of rotatable bonds is 3. The van der Waals surface area contributed by atoms with Crippen molar-refractivity contribution in [2.75, 3.05) is 7.05 Å². The minimum atomic E-state index is -1.12. The van der Waals surface area contributed by atoms with E-state index in [-0.39, 0.29) is 22.4 Å². The van der Waals surface area contributed by atoms with E-state index in [1.807, 2.05) is 0 Å². The molecule has 148 valence electrons. The first-order valence-electron chi connectivity index (χ1n) is 8.82. The van der Waals surface area contributed by atoms with E-state index in [4.69, 9.17) is 0 Å². The second-order valence-electron chi connectivity index (χ2n) is 6.89. The highest BCUT2D eigenvalue weighted by Crippen LogP contribution is 2.28. The van der Waals surface area contributed by atoms with Gasteiger partial charge >= 0.3 is 0 Å². The Labute approximate surface area is 162 Å². The van der Waals surface area contributed by atoms with Crippen LogP contribution in [0.3, 0.4) is 0 Å². The van der Waals surface area contributed by atoms with Gasteiger partial charge in [-0.05, 0) is 54.3 Å². The molecule has 0 aliphatic rings. The van der Waals surface area contributed by atoms with Crippen molar-refractivity contribution in [2.24, 2.45) is 0 Å². The molecule has 5 nitrogen and oxygen atoms in total. The lowest BCUT2D eigenvalue weighted by Crippen LogP contribution is -2.30. The number of carbonyl (C=O) groups is 1. The van der Waals surface area contributed by atoms with Crippen molar-refractivity contribution in [3.63, 3.8) is 0 Å². The third-order valence-electron chi connectivity index (χ3n) is 5.14. The molecule has 4 rings (SSSR count). The molecular formula is C21H16F3N3O2. The zero-order chi connectivity index (χ0) is 20.9. The van der Waals surface area contributed by atoms with E-state index in [1.54, 1.807) is 26.1 Å². The van der Waals surface area contributed by atoms with E-state index in [1.165, 1.54) is 23.2 Å². The number of nitrogens with zero attached hydrogens (tertiary/aromatic N) is 1. The molecule has 0 unspecified atom stereocenters. The standard InChI is InChI=1S/C21H16F3N3O2/c1-10(15-9-25-20(28)14-8-17(24)16(23)7-13(14)15)27(2)21(29)19-5-11-3-4-12(22)6-18(11)26-19/h3-10,26H,1-2H3,(H,25,28)/t10-/m0/s1. The van der Waals surface area contributed by atoms with E-state index < -0.39 is 29.1 Å². The van der Waals surface area contributed by atoms with Crippen LogP contribution in [-0.4, -0.2) is 27.8 Å². The molecule has 2 aromatic carbocycles. The Kier molecular flexibility index (Phi) is 4.41. The van der Waals surface area contributed by atoms with Crippen LogP contribution < -0.4 is 5.56 Å². The Hall–Kier alpha value is -3.55. The van der Waals surface area contributed by atoms with Crippen LogP contribution >= 0.6 is 0 Å². The van der Waals surface area contributed by atoms with Crippen molar-refractivity contribution in [3.05, 3.63) is 81.7 Å². The van der Waals surface area contributed by atoms with Crippen LogP contribution in [0.2, 0.25) is 0 Å². The molecular weight excluding hydrogens is 383 g/mol. The fourth-order valence-electron chi connectivity index (χ4n) is 3.41. The zero-order valence-corrected chi connectivity index (χ0v) is 15.5. The molecule has 2 aromatic heterocycles. The summed E-state index contributed by atoms with van der Waals surface area (Å²) in [6.07, 6.45) is 1.39. The lowest BCUT2D eigenvalue weighted by molar-refractivity contribution is 0.0738. The Morgan fingerprint density at radius 1 is 1.03 bits per heavy atom. The number of H-pyrrole nitrogens is 2. The van der Waals surface area contributed by atoms with Crippen LogP contribution in [0.5, 0.6) is 0 Å². The molecule has 0 saturated carbocycles. The molecule has 29 heavy (non-hydrogen) atoms. The van der Waals surface area contributed by atoms with E-state index in [0.29, 0.717) is 16.5 Å². The highest BCUT2D eigenvalue weighted by atomic mass is 19.2. The maximum absolute atomic E-state index is 13.8. The number of aromatic amines is 2. The van der Waals surface area contributed by atoms with Crippen LogP contribution in [-0.2, 0) is 0 Å². The predicted molar refractivity (Wildman–Crippen MR) is 103 cm³/mol. The average Bonchev–Trinajstić information content (AvgIpc) is 3.11. The third-order valence-corrected chi connectivity index (χ3v) is 5.14. The van der Waals surface area contributed by atoms with Crippen LogP contribution in [0, 0.1) is 17.5 Å². The number of halogens is 3. The van der Waals surface area contributed by atoms with E-state index in [9.17, 15) is 22.8 Å². The number of aromatic nitrogens is 2. The molecule has 0 bridgehead atoms. The van der Waals surface area contributed by atoms with Gasteiger partial charge in [0, 0.05) is 24.1 Å². The molecule has 4 aromatic rings. The summed E-state index contributed by atoms with van der Waals surface area (Å²) in [5.41, 5.74) is 0.644. The molecule has 2 heterocycles. The summed E-state index contributed by atoms with van der Waals surface area (Å²) in [5, 5.41) is 0.900. The van der Waals surface area contributed by atoms with Crippen molar-refractivity contribution in [1.82, 2.24) is 14.9 Å². The lowest BCUT2D eigenvalue weighted by Gasteiger charge is -2.25. The largest absolute Gasteiger partial charge is 0.350 e. The van der Waals surface area contributed by atoms with Gasteiger partial charge in [0.05, 0.1) is 11.4 Å². The van der Waals surface area contributed by atoms with Gasteiger partial charge in [0.25, 0.3) is 11.5 Å². The zero-order valence-electron chi connectivity index (χ0n) is 15.5. The number of pyridine rings is 1. The molecule has 1 atom stereocenters. The normalized spacial score (nSPS) is 12.4. The summed E-state index contributed by atoms with van der Waals surface area (Å²) in [6.45, 7) is 1.70. The minimum absolute atomic E-state index is 0.00446. The monoisotopic (exact) mass is 399 g/mol. The second-order valence-corrected chi connectivity index (χ2v) is 6.89. The molecule has 8 heteroatoms. The lowest BCUT2D eigenvalue weighted by atomic mass is 10.0. The van der Waals surface area contributed by atoms with E-state index in [0.717, 1.165) is 12.1 Å². The van der Waals surface area contributed by atoms with Crippen LogP contribution in [0.15, 0.2) is 47.4 Å². The first-order chi connectivity index (χ1) is 13.8. The van der Waals surface area contributed by atoms with Crippen molar-refractivity contribution in [1.29, 1.82) is 0 Å². The Bertz CT molecular complexity index is 1330. The summed E-state index contributed by atoms with van der Waals surface area (Å²) in [5.74, 6) is -3.00. The van der Waals surface area contributed by atoms with Crippen LogP contribution in [0.25, 0.3) is 21.7 Å². The highest BCUT2D eigenvalue weighted by Gasteiger charge is 2.23. The fourth-order valence-corrected chi connectivity index (χ4v) is 3.41. The SMILES string of the molecule is C[C@@H](c1c[nH]c(=O)c2cc(F)c(F)cc12)N(C)C(=O)c1cc2ccc(F)cc2[nH]1. The van der Waals surface area contributed by atoms with Crippen LogP contribution in [0.1, 0.15) is 29.0 Å². The first kappa shape index (κ1) is 18.8. The van der Waals surface area contributed by atoms with Crippen molar-refractivity contribution in [2.45, 2.75) is 13.0 Å². The Morgan fingerprint density at radius 2 is 1.72 bits per heavy atom. The number of fused-ring (bicyclic) bond motifs is 2. The summed E-state index contributed by atoms with van der Waals surface area (Å²) >= 11 is 0. The summed E-state index contributed by atoms with van der Waals surface area (Å²) in [4.78, 5) is 31.7. The number of nitrogens with one attached hydrogen (secondary N) is 2. The first-order valence-corrected chi connectivity index (χ1v) is 8.82. The maximum atomic E-state index is 13.8. The number of hydrogen-bond acceptors (Lipinski definition) is 2. The molecule has 2 N–H and O–H groups in total. The van der Waals surface area contributed by atoms with E-state index in [2.05, 4.69) is 9.97 Å². The molecule has 1 amide bonds. The van der Waals surface area contributed by atoms with E-state index >= 15 is 0 Å². The van der Waals surface area contributed by atoms with Gasteiger partial charge in [-0.2, -0.15) is 0 Å². The summed E-state index contributed by atoms with van der Waals surface area (Å²) in [7, 11) is 1.55. The molecule has 0 radical (unpaired) electrons. The van der Waals surface area contributed by atoms with Gasteiger partial charge in [0.1, 0.15) is 11.5 Å². The number of hydrogen-bond donors (Lipinski definition) is 2. The third kappa shape index (κ3) is 3.16. The Morgan fingerprint density at radius 3 is 2.45 bits per heavy atom. The van der Waals surface area contributed by atoms with Gasteiger partial charge < -0.3 is 14.9 Å². The number of benzene rings is 2. The van der Waals surface area contributed by atoms with Gasteiger partial charge in [-0.15, -0.1) is 0 Å². The van der Waals surface area contributed by atoms with Crippen LogP contribution in [0.4, 0.5) is 13.2 Å². The Balaban J connectivity index is 1.74. The highest BCUT2D eigenvalue weighted by molar-refractivity contribution is 5.98. The van der Waals surface area contributed by atoms with Crippen molar-refractivity contribution < 1.29 is 18.0 Å². The quantitative estimate of drug-likeness (QED) is 0.541. The molecule has 0 aliphatic carbocycles. The predicted octanol–water partition coefficient (Wildman–Crippen LogP) is 4.26. The van der Waals surface area contributed by atoms with Crippen molar-refractivity contribution >= 4 is 27.6 Å². The molecule has 0 spiro atoms. The average molecular weight is 399 g/mol. The van der Waals surface area contributed by atoms with Gasteiger partial charge in [-0.1, -0.05) is 0 Å². The second kappa shape index (κ2) is 6.80. The minimum Gasteiger partial charge on any atom is -0.350 e. The van der Waals surface area contributed by atoms with Gasteiger partial charge in [0.15, 0.2) is 11.6 Å². The number of carbonyl (C=O) groups excluding carboxylic acids is 1. The van der Waals surface area contributed by atoms with Gasteiger partial charge in [-0.25, -0.2) is 13.2 Å². The summed E-state index contributed by atoms with van der Waals surface area (Å²) in [6, 6.07) is 6.99. The smallest absolute Gasteiger partial charge is 0.270 e. The van der Waals surface area contributed by atoms with Gasteiger partial charge in [0.2, 0.25) is 0 Å². The molecule has 0 fully saturated rings. The van der Waals surface area contributed by atoms with Crippen molar-refractivity contribution in [3.8, 4) is 0 Å². The molecule has 0 aliphatic heterocycles. The fraction of sp³-hybridized carbons (Fsp3) is 0.143. The maximum Gasteiger partial charge on any atom is 0.270 e.